The second-order valence-electron chi connectivity index (χ2n) is 6.92. The molecule has 1 aromatic heterocycles. The highest BCUT2D eigenvalue weighted by molar-refractivity contribution is 9.10. The number of nitrogens with one attached hydrogen (secondary N) is 2. The number of amides is 2. The molecule has 9 heteroatoms. The van der Waals surface area contributed by atoms with E-state index in [2.05, 4.69) is 38.1 Å². The summed E-state index contributed by atoms with van der Waals surface area (Å²) in [6, 6.07) is 16.0. The second kappa shape index (κ2) is 10.4. The summed E-state index contributed by atoms with van der Waals surface area (Å²) < 4.78 is 28.6. The number of benzene rings is 2. The molecule has 2 aromatic carbocycles. The predicted molar refractivity (Wildman–Crippen MR) is 130 cm³/mol. The molecule has 0 aliphatic carbocycles. The summed E-state index contributed by atoms with van der Waals surface area (Å²) >= 11 is 3.32. The lowest BCUT2D eigenvalue weighted by Crippen LogP contribution is -2.37. The predicted octanol–water partition coefficient (Wildman–Crippen LogP) is 4.94. The van der Waals surface area contributed by atoms with Crippen molar-refractivity contribution in [2.24, 2.45) is 0 Å². The van der Waals surface area contributed by atoms with Gasteiger partial charge in [-0.25, -0.2) is 13.2 Å². The van der Waals surface area contributed by atoms with E-state index in [1.54, 1.807) is 80.0 Å². The summed E-state index contributed by atoms with van der Waals surface area (Å²) in [7, 11) is -3.86. The van der Waals surface area contributed by atoms with Gasteiger partial charge in [-0.1, -0.05) is 24.3 Å². The topological polar surface area (TPSA) is 91.4 Å². The Hall–Kier alpha value is -3.17. The Morgan fingerprint density at radius 1 is 1.16 bits per heavy atom. The Kier molecular flexibility index (Phi) is 7.66. The van der Waals surface area contributed by atoms with E-state index in [1.807, 2.05) is 6.07 Å². The van der Waals surface area contributed by atoms with Crippen LogP contribution in [-0.4, -0.2) is 25.5 Å². The summed E-state index contributed by atoms with van der Waals surface area (Å²) in [5.74, 6) is 0. The van der Waals surface area contributed by atoms with Crippen molar-refractivity contribution in [1.29, 1.82) is 0 Å². The molecule has 0 bridgehead atoms. The molecule has 32 heavy (non-hydrogen) atoms. The van der Waals surface area contributed by atoms with Gasteiger partial charge in [-0.15, -0.1) is 6.58 Å². The Morgan fingerprint density at radius 3 is 2.50 bits per heavy atom. The molecule has 0 spiro atoms. The number of halogens is 1. The Morgan fingerprint density at radius 2 is 1.88 bits per heavy atom. The molecule has 0 aliphatic heterocycles. The van der Waals surface area contributed by atoms with E-state index in [0.717, 1.165) is 5.56 Å². The van der Waals surface area contributed by atoms with Gasteiger partial charge in [0.2, 0.25) is 0 Å². The molecule has 1 unspecified atom stereocenters. The third-order valence-corrected chi connectivity index (χ3v) is 7.57. The minimum atomic E-state index is -3.86. The lowest BCUT2D eigenvalue weighted by atomic mass is 10.2. The van der Waals surface area contributed by atoms with E-state index in [1.165, 1.54) is 4.31 Å². The highest BCUT2D eigenvalue weighted by Gasteiger charge is 2.29. The Bertz CT molecular complexity index is 1190. The first-order chi connectivity index (χ1) is 15.3. The summed E-state index contributed by atoms with van der Waals surface area (Å²) in [6.07, 6.45) is 4.90. The lowest BCUT2D eigenvalue weighted by Gasteiger charge is -2.29. The molecule has 0 radical (unpaired) electrons. The number of carbonyl (C=O) groups is 1. The van der Waals surface area contributed by atoms with Crippen LogP contribution in [0.5, 0.6) is 0 Å². The zero-order valence-electron chi connectivity index (χ0n) is 17.4. The number of urea groups is 1. The maximum Gasteiger partial charge on any atom is 0.319 e. The number of pyridine rings is 1. The Labute approximate surface area is 196 Å². The van der Waals surface area contributed by atoms with E-state index in [9.17, 15) is 13.2 Å². The van der Waals surface area contributed by atoms with Gasteiger partial charge in [-0.3, -0.25) is 9.29 Å². The van der Waals surface area contributed by atoms with Crippen LogP contribution in [0, 0.1) is 0 Å². The van der Waals surface area contributed by atoms with Gasteiger partial charge < -0.3 is 10.6 Å². The van der Waals surface area contributed by atoms with Crippen molar-refractivity contribution in [3.63, 3.8) is 0 Å². The highest BCUT2D eigenvalue weighted by Crippen LogP contribution is 2.31. The molecule has 166 valence electrons. The largest absolute Gasteiger partial charge is 0.334 e. The molecule has 0 saturated carbocycles. The standard InChI is InChI=1S/C23H23BrN4O3S/c1-3-17(2)28(32(30,31)22-9-5-4-8-21(22)24)20-12-10-19(11-13-20)27-23(29)26-16-18-7-6-14-25-15-18/h3-15,17H,1,16H2,2H3,(H2,26,27,29). The number of hydrogen-bond donors (Lipinski definition) is 2. The second-order valence-corrected chi connectivity index (χ2v) is 9.56. The van der Waals surface area contributed by atoms with Gasteiger partial charge >= 0.3 is 6.03 Å². The number of carbonyl (C=O) groups excluding carboxylic acids is 1. The van der Waals surface area contributed by atoms with Gasteiger partial charge in [-0.05, 0) is 70.9 Å². The van der Waals surface area contributed by atoms with E-state index in [-0.39, 0.29) is 10.9 Å². The highest BCUT2D eigenvalue weighted by atomic mass is 79.9. The molecular weight excluding hydrogens is 492 g/mol. The van der Waals surface area contributed by atoms with Crippen LogP contribution in [-0.2, 0) is 16.6 Å². The number of aromatic nitrogens is 1. The molecule has 2 amide bonds. The van der Waals surface area contributed by atoms with Crippen molar-refractivity contribution in [2.45, 2.75) is 24.4 Å². The van der Waals surface area contributed by atoms with Crippen LogP contribution >= 0.6 is 15.9 Å². The van der Waals surface area contributed by atoms with Crippen LogP contribution in [0.4, 0.5) is 16.2 Å². The summed E-state index contributed by atoms with van der Waals surface area (Å²) in [4.78, 5) is 16.3. The molecule has 1 atom stereocenters. The number of hydrogen-bond acceptors (Lipinski definition) is 4. The monoisotopic (exact) mass is 514 g/mol. The maximum absolute atomic E-state index is 13.4. The van der Waals surface area contributed by atoms with Crippen molar-refractivity contribution in [3.8, 4) is 0 Å². The minimum absolute atomic E-state index is 0.158. The molecule has 0 aliphatic rings. The first-order valence-corrected chi connectivity index (χ1v) is 12.0. The van der Waals surface area contributed by atoms with Crippen molar-refractivity contribution >= 4 is 43.4 Å². The van der Waals surface area contributed by atoms with Gasteiger partial charge in [0.15, 0.2) is 0 Å². The Balaban J connectivity index is 1.77. The average molecular weight is 515 g/mol. The fourth-order valence-electron chi connectivity index (χ4n) is 3.00. The van der Waals surface area contributed by atoms with Gasteiger partial charge in [-0.2, -0.15) is 0 Å². The van der Waals surface area contributed by atoms with Gasteiger partial charge in [0.1, 0.15) is 4.90 Å². The lowest BCUT2D eigenvalue weighted by molar-refractivity contribution is 0.251. The van der Waals surface area contributed by atoms with Crippen LogP contribution < -0.4 is 14.9 Å². The average Bonchev–Trinajstić information content (AvgIpc) is 2.79. The van der Waals surface area contributed by atoms with Crippen molar-refractivity contribution in [3.05, 3.63) is 95.7 Å². The van der Waals surface area contributed by atoms with Gasteiger partial charge in [0, 0.05) is 29.1 Å². The number of anilines is 2. The smallest absolute Gasteiger partial charge is 0.319 e. The molecule has 0 saturated heterocycles. The third kappa shape index (κ3) is 5.54. The molecule has 2 N–H and O–H groups in total. The van der Waals surface area contributed by atoms with Gasteiger partial charge in [0.05, 0.1) is 11.7 Å². The van der Waals surface area contributed by atoms with E-state index < -0.39 is 16.1 Å². The fourth-order valence-corrected chi connectivity index (χ4v) is 5.60. The first-order valence-electron chi connectivity index (χ1n) is 9.78. The fraction of sp³-hybridized carbons (Fsp3) is 0.130. The summed E-state index contributed by atoms with van der Waals surface area (Å²) in [6.45, 7) is 5.84. The number of sulfonamides is 1. The number of nitrogens with zero attached hydrogens (tertiary/aromatic N) is 2. The van der Waals surface area contributed by atoms with Crippen LogP contribution in [0.15, 0.2) is 95.1 Å². The first kappa shape index (κ1) is 23.5. The van der Waals surface area contributed by atoms with Crippen LogP contribution in [0.25, 0.3) is 0 Å². The third-order valence-electron chi connectivity index (χ3n) is 4.64. The van der Waals surface area contributed by atoms with E-state index in [0.29, 0.717) is 22.4 Å². The zero-order chi connectivity index (χ0) is 23.1. The summed E-state index contributed by atoms with van der Waals surface area (Å²) in [5.41, 5.74) is 1.86. The zero-order valence-corrected chi connectivity index (χ0v) is 19.8. The molecule has 3 aromatic rings. The molecule has 1 heterocycles. The SMILES string of the molecule is C=CC(C)N(c1ccc(NC(=O)NCc2cccnc2)cc1)S(=O)(=O)c1ccccc1Br. The van der Waals surface area contributed by atoms with Crippen molar-refractivity contribution < 1.29 is 13.2 Å². The number of rotatable bonds is 8. The van der Waals surface area contributed by atoms with Crippen LogP contribution in [0.3, 0.4) is 0 Å². The normalized spacial score (nSPS) is 11.9. The van der Waals surface area contributed by atoms with Crippen LogP contribution in [0.1, 0.15) is 12.5 Å². The minimum Gasteiger partial charge on any atom is -0.334 e. The molecule has 7 nitrogen and oxygen atoms in total. The van der Waals surface area contributed by atoms with Crippen LogP contribution in [0.2, 0.25) is 0 Å². The quantitative estimate of drug-likeness (QED) is 0.416. The van der Waals surface area contributed by atoms with E-state index >= 15 is 0 Å². The van der Waals surface area contributed by atoms with E-state index in [4.69, 9.17) is 0 Å². The summed E-state index contributed by atoms with van der Waals surface area (Å²) in [5, 5.41) is 5.48. The maximum atomic E-state index is 13.4. The molecular formula is C23H23BrN4O3S. The molecule has 3 rings (SSSR count). The van der Waals surface area contributed by atoms with Crippen molar-refractivity contribution in [2.75, 3.05) is 9.62 Å². The van der Waals surface area contributed by atoms with Crippen molar-refractivity contribution in [1.82, 2.24) is 10.3 Å². The molecule has 0 fully saturated rings. The van der Waals surface area contributed by atoms with Gasteiger partial charge in [0.25, 0.3) is 10.0 Å².